The largest absolute Gasteiger partial charge is 0.350 e. The predicted molar refractivity (Wildman–Crippen MR) is 87.6 cm³/mol. The van der Waals surface area contributed by atoms with E-state index in [0.717, 1.165) is 5.69 Å². The molecule has 1 atom stereocenters. The smallest absolute Gasteiger partial charge is 0.256 e. The molecular formula is C17H25N3O. The van der Waals surface area contributed by atoms with E-state index in [-0.39, 0.29) is 23.4 Å². The zero-order valence-electron chi connectivity index (χ0n) is 13.5. The van der Waals surface area contributed by atoms with E-state index in [4.69, 9.17) is 5.84 Å². The fourth-order valence-electron chi connectivity index (χ4n) is 3.32. The molecule has 0 saturated heterocycles. The van der Waals surface area contributed by atoms with Crippen LogP contribution in [0.4, 0.5) is 5.69 Å². The minimum Gasteiger partial charge on any atom is -0.350 e. The van der Waals surface area contributed by atoms with Crippen molar-refractivity contribution in [1.82, 2.24) is 5.43 Å². The summed E-state index contributed by atoms with van der Waals surface area (Å²) in [5, 5.41) is 0. The number of hydrogen-bond donors (Lipinski definition) is 2. The normalized spacial score (nSPS) is 18.0. The van der Waals surface area contributed by atoms with Gasteiger partial charge in [-0.3, -0.25) is 10.2 Å². The van der Waals surface area contributed by atoms with Gasteiger partial charge in [0.25, 0.3) is 5.91 Å². The Bertz CT molecular complexity index is 575. The Hall–Kier alpha value is -1.81. The van der Waals surface area contributed by atoms with E-state index in [0.29, 0.717) is 0 Å². The first kappa shape index (κ1) is 15.6. The predicted octanol–water partition coefficient (Wildman–Crippen LogP) is 2.70. The molecule has 1 heterocycles. The second-order valence-corrected chi connectivity index (χ2v) is 6.57. The summed E-state index contributed by atoms with van der Waals surface area (Å²) in [4.78, 5) is 14.5. The van der Waals surface area contributed by atoms with Gasteiger partial charge in [0.05, 0.1) is 5.54 Å². The van der Waals surface area contributed by atoms with Gasteiger partial charge < -0.3 is 4.90 Å². The minimum absolute atomic E-state index is 0.146. The Labute approximate surface area is 127 Å². The summed E-state index contributed by atoms with van der Waals surface area (Å²) in [6.45, 7) is 10.5. The Balaban J connectivity index is 2.62. The Kier molecular flexibility index (Phi) is 4.10. The van der Waals surface area contributed by atoms with Gasteiger partial charge >= 0.3 is 0 Å². The van der Waals surface area contributed by atoms with Crippen LogP contribution in [0.3, 0.4) is 0 Å². The monoisotopic (exact) mass is 287 g/mol. The molecule has 0 spiro atoms. The zero-order valence-corrected chi connectivity index (χ0v) is 13.5. The lowest BCUT2D eigenvalue weighted by Gasteiger charge is -2.48. The molecule has 3 N–H and O–H groups in total. The number of nitrogens with two attached hydrogens (primary N) is 1. The summed E-state index contributed by atoms with van der Waals surface area (Å²) in [5.41, 5.74) is 5.57. The van der Waals surface area contributed by atoms with Gasteiger partial charge in [0.2, 0.25) is 0 Å². The highest BCUT2D eigenvalue weighted by molar-refractivity contribution is 5.89. The minimum atomic E-state index is -0.310. The van der Waals surface area contributed by atoms with E-state index < -0.39 is 0 Å². The second kappa shape index (κ2) is 5.53. The van der Waals surface area contributed by atoms with Gasteiger partial charge in [-0.2, -0.15) is 0 Å². The molecule has 1 aromatic rings. The van der Waals surface area contributed by atoms with Crippen molar-refractivity contribution in [3.63, 3.8) is 0 Å². The third kappa shape index (κ3) is 2.68. The van der Waals surface area contributed by atoms with Crippen molar-refractivity contribution < 1.29 is 4.79 Å². The molecule has 2 rings (SSSR count). The molecule has 0 aliphatic carbocycles. The number of benzene rings is 1. The third-order valence-electron chi connectivity index (χ3n) is 4.10. The molecule has 1 aliphatic heterocycles. The van der Waals surface area contributed by atoms with Crippen LogP contribution < -0.4 is 16.2 Å². The summed E-state index contributed by atoms with van der Waals surface area (Å²) in [7, 11) is 0. The van der Waals surface area contributed by atoms with Gasteiger partial charge in [0, 0.05) is 11.3 Å². The number of carbonyl (C=O) groups is 1. The molecule has 1 aromatic carbocycles. The van der Waals surface area contributed by atoms with Crippen LogP contribution in [0.25, 0.3) is 5.57 Å². The van der Waals surface area contributed by atoms with Crippen molar-refractivity contribution in [2.45, 2.75) is 46.2 Å². The molecule has 4 nitrogen and oxygen atoms in total. The number of para-hydroxylation sites is 1. The van der Waals surface area contributed by atoms with Gasteiger partial charge in [-0.15, -0.1) is 0 Å². The number of amides is 1. The fraction of sp³-hybridized carbons (Fsp3) is 0.471. The maximum atomic E-state index is 12.3. The van der Waals surface area contributed by atoms with Crippen LogP contribution in [0, 0.1) is 5.92 Å². The van der Waals surface area contributed by atoms with E-state index in [9.17, 15) is 4.79 Å². The van der Waals surface area contributed by atoms with Crippen LogP contribution in [-0.2, 0) is 4.79 Å². The molecular weight excluding hydrogens is 262 g/mol. The van der Waals surface area contributed by atoms with E-state index in [2.05, 4.69) is 49.3 Å². The highest BCUT2D eigenvalue weighted by Gasteiger charge is 2.40. The number of nitrogens with zero attached hydrogens (tertiary/aromatic N) is 1. The quantitative estimate of drug-likeness (QED) is 0.510. The van der Waals surface area contributed by atoms with Crippen molar-refractivity contribution in [1.29, 1.82) is 0 Å². The number of rotatable bonds is 3. The molecule has 1 aliphatic rings. The number of carbonyl (C=O) groups excluding carboxylic acids is 1. The first-order valence-electron chi connectivity index (χ1n) is 7.38. The van der Waals surface area contributed by atoms with E-state index in [1.165, 1.54) is 11.1 Å². The van der Waals surface area contributed by atoms with Crippen molar-refractivity contribution in [3.8, 4) is 0 Å². The summed E-state index contributed by atoms with van der Waals surface area (Å²) >= 11 is 0. The van der Waals surface area contributed by atoms with Crippen LogP contribution in [0.5, 0.6) is 0 Å². The van der Waals surface area contributed by atoms with Crippen molar-refractivity contribution in [2.24, 2.45) is 11.8 Å². The number of anilines is 1. The molecule has 0 bridgehead atoms. The van der Waals surface area contributed by atoms with Gasteiger partial charge in [0.15, 0.2) is 0 Å². The van der Waals surface area contributed by atoms with E-state index in [1.807, 2.05) is 26.0 Å². The lowest BCUT2D eigenvalue weighted by atomic mass is 9.85. The average molecular weight is 287 g/mol. The van der Waals surface area contributed by atoms with Gasteiger partial charge in [-0.05, 0) is 38.3 Å². The highest BCUT2D eigenvalue weighted by Crippen LogP contribution is 2.41. The van der Waals surface area contributed by atoms with Crippen molar-refractivity contribution in [2.75, 3.05) is 4.90 Å². The summed E-state index contributed by atoms with van der Waals surface area (Å²) in [6.07, 6.45) is 2.22. The summed E-state index contributed by atoms with van der Waals surface area (Å²) in [6, 6.07) is 7.90. The van der Waals surface area contributed by atoms with Crippen LogP contribution in [0.1, 0.15) is 40.2 Å². The molecule has 0 saturated carbocycles. The number of hydrogen-bond acceptors (Lipinski definition) is 3. The second-order valence-electron chi connectivity index (χ2n) is 6.57. The van der Waals surface area contributed by atoms with Gasteiger partial charge in [-0.25, -0.2) is 5.84 Å². The number of allylic oxidation sites excluding steroid dienone is 1. The van der Waals surface area contributed by atoms with Crippen LogP contribution >= 0.6 is 0 Å². The standard InChI is InChI=1S/C17H25N3O/c1-11(2)15(16(21)19-18)20-14-9-7-6-8-13(14)12(3)10-17(20,4)5/h6-11,15H,18H2,1-5H3,(H,19,21)/t15-/m0/s1. The molecule has 0 radical (unpaired) electrons. The molecule has 0 unspecified atom stereocenters. The van der Waals surface area contributed by atoms with Gasteiger partial charge in [0.1, 0.15) is 6.04 Å². The zero-order chi connectivity index (χ0) is 15.8. The van der Waals surface area contributed by atoms with E-state index in [1.54, 1.807) is 0 Å². The highest BCUT2D eigenvalue weighted by atomic mass is 16.2. The number of hydrazine groups is 1. The maximum absolute atomic E-state index is 12.3. The molecule has 0 fully saturated rings. The number of nitrogens with one attached hydrogen (secondary N) is 1. The average Bonchev–Trinajstić information content (AvgIpc) is 2.41. The van der Waals surface area contributed by atoms with Crippen LogP contribution in [-0.4, -0.2) is 17.5 Å². The van der Waals surface area contributed by atoms with Crippen molar-refractivity contribution in [3.05, 3.63) is 35.9 Å². The first-order valence-corrected chi connectivity index (χ1v) is 7.38. The maximum Gasteiger partial charge on any atom is 0.256 e. The Morgan fingerprint density at radius 2 is 1.90 bits per heavy atom. The van der Waals surface area contributed by atoms with Crippen molar-refractivity contribution >= 4 is 17.2 Å². The molecule has 0 aromatic heterocycles. The summed E-state index contributed by atoms with van der Waals surface area (Å²) in [5.74, 6) is 5.41. The molecule has 1 amide bonds. The topological polar surface area (TPSA) is 58.4 Å². The van der Waals surface area contributed by atoms with Crippen LogP contribution in [0.15, 0.2) is 30.3 Å². The Morgan fingerprint density at radius 3 is 2.48 bits per heavy atom. The fourth-order valence-corrected chi connectivity index (χ4v) is 3.32. The molecule has 114 valence electrons. The lowest BCUT2D eigenvalue weighted by molar-refractivity contribution is -0.123. The molecule has 21 heavy (non-hydrogen) atoms. The SMILES string of the molecule is CC1=CC(C)(C)N([C@H](C(=O)NN)C(C)C)c2ccccc21. The first-order chi connectivity index (χ1) is 9.79. The third-order valence-corrected chi connectivity index (χ3v) is 4.10. The molecule has 4 heteroatoms. The lowest BCUT2D eigenvalue weighted by Crippen LogP contribution is -2.59. The Morgan fingerprint density at radius 1 is 1.29 bits per heavy atom. The van der Waals surface area contributed by atoms with Gasteiger partial charge in [-0.1, -0.05) is 38.1 Å². The van der Waals surface area contributed by atoms with E-state index >= 15 is 0 Å². The summed E-state index contributed by atoms with van der Waals surface area (Å²) < 4.78 is 0. The van der Waals surface area contributed by atoms with Crippen LogP contribution in [0.2, 0.25) is 0 Å². The number of fused-ring (bicyclic) bond motifs is 1.